The van der Waals surface area contributed by atoms with Crippen LogP contribution in [0, 0.1) is 6.92 Å². The van der Waals surface area contributed by atoms with E-state index in [2.05, 4.69) is 20.2 Å². The first-order valence-corrected chi connectivity index (χ1v) is 8.64. The summed E-state index contributed by atoms with van der Waals surface area (Å²) < 4.78 is 1.53. The Morgan fingerprint density at radius 1 is 1.21 bits per heavy atom. The lowest BCUT2D eigenvalue weighted by molar-refractivity contribution is -0.112. The highest BCUT2D eigenvalue weighted by molar-refractivity contribution is 7.15. The van der Waals surface area contributed by atoms with Gasteiger partial charge in [0, 0.05) is 12.3 Å². The molecule has 7 nitrogen and oxygen atoms in total. The first kappa shape index (κ1) is 14.9. The second-order valence-electron chi connectivity index (χ2n) is 5.12. The highest BCUT2D eigenvalue weighted by Crippen LogP contribution is 2.28. The molecule has 1 amide bonds. The maximum atomic E-state index is 12.3. The van der Waals surface area contributed by atoms with Crippen LogP contribution in [0.1, 0.15) is 9.88 Å². The van der Waals surface area contributed by atoms with Crippen LogP contribution in [0.3, 0.4) is 0 Å². The Bertz CT molecular complexity index is 1170. The molecule has 1 aliphatic heterocycles. The van der Waals surface area contributed by atoms with Crippen molar-refractivity contribution in [2.24, 2.45) is 17.0 Å². The summed E-state index contributed by atoms with van der Waals surface area (Å²) in [6.07, 6.45) is 0. The minimum atomic E-state index is -0.355. The van der Waals surface area contributed by atoms with Gasteiger partial charge in [-0.1, -0.05) is 40.9 Å². The SMILES string of the molecule is Cc1nnc(/N=c2/sc(C3=c4ccccc4=NC3=O)c(O)n2C)s1. The third-order valence-electron chi connectivity index (χ3n) is 3.54. The summed E-state index contributed by atoms with van der Waals surface area (Å²) in [6, 6.07) is 7.27. The fraction of sp³-hybridized carbons (Fsp3) is 0.133. The highest BCUT2D eigenvalue weighted by atomic mass is 32.1. The molecule has 3 heterocycles. The van der Waals surface area contributed by atoms with E-state index in [0.717, 1.165) is 10.2 Å². The first-order chi connectivity index (χ1) is 11.5. The van der Waals surface area contributed by atoms with E-state index in [4.69, 9.17) is 0 Å². The van der Waals surface area contributed by atoms with E-state index in [-0.39, 0.29) is 11.8 Å². The molecular formula is C15H11N5O2S2. The number of aromatic hydroxyl groups is 1. The smallest absolute Gasteiger partial charge is 0.279 e. The molecule has 0 atom stereocenters. The van der Waals surface area contributed by atoms with E-state index in [1.807, 2.05) is 25.1 Å². The van der Waals surface area contributed by atoms with Gasteiger partial charge in [-0.05, 0) is 13.0 Å². The number of hydrogen-bond donors (Lipinski definition) is 1. The molecule has 3 aromatic rings. The lowest BCUT2D eigenvalue weighted by Gasteiger charge is -1.98. The quantitative estimate of drug-likeness (QED) is 0.725. The van der Waals surface area contributed by atoms with Crippen molar-refractivity contribution in [1.29, 1.82) is 0 Å². The van der Waals surface area contributed by atoms with Crippen molar-refractivity contribution in [2.45, 2.75) is 6.92 Å². The molecule has 0 saturated heterocycles. The number of aromatic nitrogens is 3. The van der Waals surface area contributed by atoms with Gasteiger partial charge < -0.3 is 5.11 Å². The molecule has 0 aliphatic carbocycles. The largest absolute Gasteiger partial charge is 0.493 e. The summed E-state index contributed by atoms with van der Waals surface area (Å²) in [7, 11) is 1.69. The minimum absolute atomic E-state index is 0.0183. The van der Waals surface area contributed by atoms with Gasteiger partial charge in [-0.15, -0.1) is 10.2 Å². The zero-order valence-corrected chi connectivity index (χ0v) is 14.4. The Hall–Kier alpha value is -2.65. The van der Waals surface area contributed by atoms with Gasteiger partial charge in [0.2, 0.25) is 11.0 Å². The molecule has 24 heavy (non-hydrogen) atoms. The second-order valence-corrected chi connectivity index (χ2v) is 7.26. The minimum Gasteiger partial charge on any atom is -0.493 e. The van der Waals surface area contributed by atoms with Gasteiger partial charge in [-0.25, -0.2) is 4.99 Å². The number of carbonyl (C=O) groups is 1. The van der Waals surface area contributed by atoms with Gasteiger partial charge in [0.05, 0.1) is 10.9 Å². The van der Waals surface area contributed by atoms with Crippen LogP contribution in [-0.2, 0) is 11.8 Å². The number of thiazole rings is 1. The van der Waals surface area contributed by atoms with E-state index in [1.54, 1.807) is 13.1 Å². The van der Waals surface area contributed by atoms with E-state index < -0.39 is 0 Å². The van der Waals surface area contributed by atoms with Crippen LogP contribution in [0.4, 0.5) is 5.13 Å². The normalized spacial score (nSPS) is 14.2. The number of aryl methyl sites for hydroxylation is 1. The Morgan fingerprint density at radius 3 is 2.75 bits per heavy atom. The number of amides is 1. The molecule has 1 N–H and O–H groups in total. The number of fused-ring (bicyclic) bond motifs is 1. The Kier molecular flexibility index (Phi) is 3.39. The fourth-order valence-electron chi connectivity index (χ4n) is 2.40. The molecule has 2 aromatic heterocycles. The number of hydrogen-bond acceptors (Lipinski definition) is 7. The number of carbonyl (C=O) groups excluding carboxylic acids is 1. The highest BCUT2D eigenvalue weighted by Gasteiger charge is 2.24. The fourth-order valence-corrected chi connectivity index (χ4v) is 4.09. The van der Waals surface area contributed by atoms with Gasteiger partial charge in [-0.3, -0.25) is 9.36 Å². The lowest BCUT2D eigenvalue weighted by Crippen LogP contribution is -2.22. The molecule has 4 rings (SSSR count). The summed E-state index contributed by atoms with van der Waals surface area (Å²) in [6.45, 7) is 1.85. The lowest BCUT2D eigenvalue weighted by atomic mass is 10.1. The molecule has 120 valence electrons. The van der Waals surface area contributed by atoms with Crippen LogP contribution in [-0.4, -0.2) is 25.8 Å². The maximum absolute atomic E-state index is 12.3. The van der Waals surface area contributed by atoms with Crippen LogP contribution in [0.2, 0.25) is 0 Å². The van der Waals surface area contributed by atoms with E-state index in [0.29, 0.717) is 25.7 Å². The van der Waals surface area contributed by atoms with Crippen LogP contribution >= 0.6 is 22.7 Å². The standard InChI is InChI=1S/C15H11N5O2S2/c1-7-18-19-14(23-7)17-15-20(2)13(22)11(24-15)10-8-5-3-4-6-9(8)16-12(10)21/h3-6,22H,1-2H3/b17-15+. The Labute approximate surface area is 143 Å². The summed E-state index contributed by atoms with van der Waals surface area (Å²) in [4.78, 5) is 21.7. The topological polar surface area (TPSA) is 92.7 Å². The molecule has 0 unspecified atom stereocenters. The first-order valence-electron chi connectivity index (χ1n) is 7.01. The Morgan fingerprint density at radius 2 is 2.00 bits per heavy atom. The third kappa shape index (κ3) is 2.29. The predicted octanol–water partition coefficient (Wildman–Crippen LogP) is 0.543. The van der Waals surface area contributed by atoms with Crippen molar-refractivity contribution in [3.8, 4) is 5.88 Å². The number of rotatable bonds is 2. The van der Waals surface area contributed by atoms with Crippen molar-refractivity contribution >= 4 is 39.3 Å². The van der Waals surface area contributed by atoms with Crippen LogP contribution in [0.5, 0.6) is 5.88 Å². The molecule has 0 radical (unpaired) electrons. The van der Waals surface area contributed by atoms with E-state index in [1.165, 1.54) is 27.2 Å². The van der Waals surface area contributed by atoms with Crippen molar-refractivity contribution in [3.63, 3.8) is 0 Å². The molecule has 0 fully saturated rings. The van der Waals surface area contributed by atoms with Crippen molar-refractivity contribution in [3.05, 3.63) is 49.5 Å². The predicted molar refractivity (Wildman–Crippen MR) is 89.6 cm³/mol. The summed E-state index contributed by atoms with van der Waals surface area (Å²) >= 11 is 2.58. The summed E-state index contributed by atoms with van der Waals surface area (Å²) in [5.41, 5.74) is 0.401. The zero-order valence-electron chi connectivity index (χ0n) is 12.7. The molecule has 0 bridgehead atoms. The third-order valence-corrected chi connectivity index (χ3v) is 5.42. The second kappa shape index (κ2) is 5.46. The van der Waals surface area contributed by atoms with Gasteiger partial charge in [0.25, 0.3) is 5.91 Å². The van der Waals surface area contributed by atoms with Crippen molar-refractivity contribution in [1.82, 2.24) is 14.8 Å². The number of nitrogens with zero attached hydrogens (tertiary/aromatic N) is 5. The van der Waals surface area contributed by atoms with Crippen LogP contribution in [0.15, 0.2) is 34.3 Å². The summed E-state index contributed by atoms with van der Waals surface area (Å²) in [5.74, 6) is -0.373. The zero-order chi connectivity index (χ0) is 16.8. The molecule has 1 aromatic carbocycles. The average molecular weight is 357 g/mol. The van der Waals surface area contributed by atoms with Gasteiger partial charge in [0.1, 0.15) is 9.88 Å². The molecular weight excluding hydrogens is 346 g/mol. The van der Waals surface area contributed by atoms with Gasteiger partial charge in [-0.2, -0.15) is 4.99 Å². The average Bonchev–Trinajstić information content (AvgIpc) is 3.19. The molecule has 0 spiro atoms. The summed E-state index contributed by atoms with van der Waals surface area (Å²) in [5, 5.41) is 21.0. The van der Waals surface area contributed by atoms with Crippen molar-refractivity contribution < 1.29 is 9.90 Å². The molecule has 9 heteroatoms. The Balaban J connectivity index is 1.97. The van der Waals surface area contributed by atoms with Crippen molar-refractivity contribution in [2.75, 3.05) is 0 Å². The van der Waals surface area contributed by atoms with Crippen LogP contribution < -0.4 is 15.4 Å². The van der Waals surface area contributed by atoms with E-state index >= 15 is 0 Å². The molecule has 1 aliphatic rings. The molecule has 0 saturated carbocycles. The maximum Gasteiger partial charge on any atom is 0.279 e. The van der Waals surface area contributed by atoms with E-state index in [9.17, 15) is 9.90 Å². The van der Waals surface area contributed by atoms with Gasteiger partial charge in [0.15, 0.2) is 4.80 Å². The van der Waals surface area contributed by atoms with Crippen LogP contribution in [0.25, 0.3) is 5.57 Å². The number of para-hydroxylation sites is 1. The van der Waals surface area contributed by atoms with Gasteiger partial charge >= 0.3 is 0 Å². The number of benzene rings is 1. The monoisotopic (exact) mass is 357 g/mol.